The van der Waals surface area contributed by atoms with Gasteiger partial charge < -0.3 is 29.0 Å². The van der Waals surface area contributed by atoms with E-state index < -0.39 is 65.5 Å². The molecule has 3 aromatic carbocycles. The van der Waals surface area contributed by atoms with Crippen LogP contribution in [0, 0.1) is 11.6 Å². The highest BCUT2D eigenvalue weighted by molar-refractivity contribution is 6.01. The summed E-state index contributed by atoms with van der Waals surface area (Å²) in [5.74, 6) is -4.77. The highest BCUT2D eigenvalue weighted by Gasteiger charge is 2.50. The normalized spacial score (nSPS) is 21.8. The number of alkyl carbamates (subject to hydrolysis) is 1. The van der Waals surface area contributed by atoms with Crippen molar-refractivity contribution < 1.29 is 55.2 Å². The summed E-state index contributed by atoms with van der Waals surface area (Å²) in [6.07, 6.45) is -0.766. The summed E-state index contributed by atoms with van der Waals surface area (Å²) in [4.78, 5) is 53.0. The molecule has 2 amide bonds. The highest BCUT2D eigenvalue weighted by atomic mass is 19.3. The zero-order chi connectivity index (χ0) is 45.2. The Hall–Kier alpha value is -6.08. The first kappa shape index (κ1) is 44.5. The van der Waals surface area contributed by atoms with Gasteiger partial charge in [-0.2, -0.15) is 4.98 Å². The zero-order valence-electron chi connectivity index (χ0n) is 35.2. The number of piperidine rings is 1. The number of hydrogen-bond donors (Lipinski definition) is 2. The van der Waals surface area contributed by atoms with Crippen molar-refractivity contribution in [1.29, 1.82) is 0 Å². The van der Waals surface area contributed by atoms with Crippen molar-refractivity contribution in [1.82, 2.24) is 30.1 Å². The van der Waals surface area contributed by atoms with E-state index in [1.165, 1.54) is 32.2 Å². The van der Waals surface area contributed by atoms with Crippen LogP contribution in [0.3, 0.4) is 0 Å². The molecule has 3 aliphatic rings. The number of aromatic nitrogens is 3. The standard InChI is InChI=1S/C45H47F5N6O8/c1-43(22-45(49,50)24-55(23-43)42(59)62-21-27-8-4-3-5-9-27)54-41(58)61-15-6-10-31-34(47)12-11-28-16-30(64-26-60-2)17-32(35(28)31)37-36(48)38-33(19-51-37)39(57)53-40(52-38)63-25-44-13-7-14-56(44)20-29(46)18-44/h3-5,8-9,11-12,16-17,19,29H,6-7,10,13-15,18,20-26H2,1-2H3,(H,54,58)(H,52,53,57)/t29-,43?,44+/m1/s1. The Balaban J connectivity index is 0.998. The molecular weight excluding hydrogens is 848 g/mol. The number of aryl methyl sites for hydroxylation is 1. The lowest BCUT2D eigenvalue weighted by atomic mass is 9.89. The van der Waals surface area contributed by atoms with Gasteiger partial charge in [-0.1, -0.05) is 36.4 Å². The second-order valence-electron chi connectivity index (χ2n) is 16.9. The average Bonchev–Trinajstić information content (AvgIpc) is 3.78. The molecule has 3 saturated heterocycles. The second-order valence-corrected chi connectivity index (χ2v) is 16.9. The first-order valence-electron chi connectivity index (χ1n) is 20.9. The molecule has 0 radical (unpaired) electrons. The van der Waals surface area contributed by atoms with Crippen LogP contribution in [-0.2, 0) is 27.2 Å². The van der Waals surface area contributed by atoms with E-state index in [-0.39, 0.29) is 97.3 Å². The number of hydrogen-bond acceptors (Lipinski definition) is 11. The Morgan fingerprint density at radius 3 is 2.66 bits per heavy atom. The van der Waals surface area contributed by atoms with Gasteiger partial charge in [0.1, 0.15) is 42.2 Å². The maximum atomic E-state index is 16.8. The second kappa shape index (κ2) is 18.2. The summed E-state index contributed by atoms with van der Waals surface area (Å²) < 4.78 is 104. The molecule has 3 atom stereocenters. The molecule has 5 heterocycles. The summed E-state index contributed by atoms with van der Waals surface area (Å²) in [6.45, 7) is 0.696. The number of aromatic amines is 1. The number of halogens is 5. The van der Waals surface area contributed by atoms with E-state index in [1.54, 1.807) is 36.4 Å². The van der Waals surface area contributed by atoms with Crippen LogP contribution in [0.15, 0.2) is 65.6 Å². The van der Waals surface area contributed by atoms with E-state index >= 15 is 8.78 Å². The van der Waals surface area contributed by atoms with Gasteiger partial charge in [-0.3, -0.25) is 24.6 Å². The molecule has 2 aromatic heterocycles. The van der Waals surface area contributed by atoms with Gasteiger partial charge in [0.2, 0.25) is 0 Å². The monoisotopic (exact) mass is 894 g/mol. The van der Waals surface area contributed by atoms with Crippen LogP contribution in [0.4, 0.5) is 31.5 Å². The van der Waals surface area contributed by atoms with Crippen LogP contribution in [0.5, 0.6) is 11.8 Å². The van der Waals surface area contributed by atoms with Gasteiger partial charge in [0.25, 0.3) is 17.5 Å². The van der Waals surface area contributed by atoms with Crippen LogP contribution in [0.1, 0.15) is 50.2 Å². The van der Waals surface area contributed by atoms with Gasteiger partial charge in [-0.25, -0.2) is 31.5 Å². The third-order valence-electron chi connectivity index (χ3n) is 11.9. The molecule has 3 aliphatic heterocycles. The van der Waals surface area contributed by atoms with Gasteiger partial charge in [-0.05, 0) is 79.3 Å². The molecule has 0 bridgehead atoms. The van der Waals surface area contributed by atoms with Crippen molar-refractivity contribution >= 4 is 33.9 Å². The predicted octanol–water partition coefficient (Wildman–Crippen LogP) is 7.45. The third kappa shape index (κ3) is 9.55. The maximum Gasteiger partial charge on any atom is 0.410 e. The zero-order valence-corrected chi connectivity index (χ0v) is 35.2. The number of methoxy groups -OCH3 is 1. The molecule has 5 aromatic rings. The van der Waals surface area contributed by atoms with Crippen molar-refractivity contribution in [3.05, 3.63) is 93.9 Å². The fourth-order valence-corrected chi connectivity index (χ4v) is 9.24. The van der Waals surface area contributed by atoms with Gasteiger partial charge in [0.05, 0.1) is 29.6 Å². The lowest BCUT2D eigenvalue weighted by molar-refractivity contribution is -0.0897. The minimum atomic E-state index is -3.35. The summed E-state index contributed by atoms with van der Waals surface area (Å²) >= 11 is 0. The largest absolute Gasteiger partial charge is 0.468 e. The van der Waals surface area contributed by atoms with Gasteiger partial charge in [-0.15, -0.1) is 0 Å². The van der Waals surface area contributed by atoms with Gasteiger partial charge in [0, 0.05) is 44.8 Å². The van der Waals surface area contributed by atoms with E-state index in [2.05, 4.69) is 20.3 Å². The van der Waals surface area contributed by atoms with Gasteiger partial charge >= 0.3 is 12.2 Å². The lowest BCUT2D eigenvalue weighted by Gasteiger charge is -2.43. The van der Waals surface area contributed by atoms with Crippen molar-refractivity contribution in [2.24, 2.45) is 0 Å². The van der Waals surface area contributed by atoms with Crippen molar-refractivity contribution in [2.45, 2.75) is 75.2 Å². The number of H-pyrrole nitrogens is 1. The van der Waals surface area contributed by atoms with Crippen LogP contribution >= 0.6 is 0 Å². The Bertz CT molecular complexity index is 2600. The fourth-order valence-electron chi connectivity index (χ4n) is 9.24. The topological polar surface area (TPSA) is 157 Å². The lowest BCUT2D eigenvalue weighted by Crippen LogP contribution is -2.63. The molecule has 0 spiro atoms. The minimum Gasteiger partial charge on any atom is -0.468 e. The molecule has 1 unspecified atom stereocenters. The number of nitrogens with zero attached hydrogens (tertiary/aromatic N) is 4. The maximum absolute atomic E-state index is 16.8. The first-order valence-corrected chi connectivity index (χ1v) is 20.9. The molecule has 64 heavy (non-hydrogen) atoms. The summed E-state index contributed by atoms with van der Waals surface area (Å²) in [7, 11) is 1.42. The molecule has 0 aliphatic carbocycles. The number of pyridine rings is 1. The number of nitrogens with one attached hydrogen (secondary N) is 2. The third-order valence-corrected chi connectivity index (χ3v) is 11.9. The Kier molecular flexibility index (Phi) is 12.7. The van der Waals surface area contributed by atoms with Crippen molar-refractivity contribution in [2.75, 3.05) is 53.3 Å². The SMILES string of the molecule is COCOc1cc(-c2ncc3c(=O)[nH]c(OC[C@@]45CCCN4C[C@H](F)C5)nc3c2F)c2c(CCCOC(=O)NC3(C)CN(C(=O)OCc4ccccc4)CC(F)(F)C3)c(F)ccc2c1. The number of rotatable bonds is 14. The molecular formula is C45H47F5N6O8. The quantitative estimate of drug-likeness (QED) is 0.0649. The van der Waals surface area contributed by atoms with E-state index in [1.807, 2.05) is 4.90 Å². The summed E-state index contributed by atoms with van der Waals surface area (Å²) in [5.41, 5.74) is -2.60. The minimum absolute atomic E-state index is 0.0400. The number of carbonyl (C=O) groups excluding carboxylic acids is 2. The van der Waals surface area contributed by atoms with E-state index in [9.17, 15) is 27.6 Å². The molecule has 3 fully saturated rings. The van der Waals surface area contributed by atoms with Gasteiger partial charge in [0.15, 0.2) is 12.6 Å². The molecule has 2 N–H and O–H groups in total. The molecule has 0 saturated carbocycles. The van der Waals surface area contributed by atoms with E-state index in [4.69, 9.17) is 23.7 Å². The first-order chi connectivity index (χ1) is 30.6. The molecule has 8 rings (SSSR count). The number of likely N-dealkylation sites (tertiary alicyclic amines) is 1. The number of alkyl halides is 3. The number of carbonyl (C=O) groups is 2. The summed E-state index contributed by atoms with van der Waals surface area (Å²) in [5, 5.41) is 2.99. The number of fused-ring (bicyclic) bond motifs is 3. The smallest absolute Gasteiger partial charge is 0.410 e. The highest BCUT2D eigenvalue weighted by Crippen LogP contribution is 2.41. The predicted molar refractivity (Wildman–Crippen MR) is 223 cm³/mol. The Labute approximate surface area is 364 Å². The number of benzene rings is 3. The van der Waals surface area contributed by atoms with Crippen LogP contribution in [-0.4, -0.2) is 113 Å². The van der Waals surface area contributed by atoms with Crippen LogP contribution in [0.2, 0.25) is 0 Å². The van der Waals surface area contributed by atoms with Crippen molar-refractivity contribution in [3.8, 4) is 23.0 Å². The molecule has 340 valence electrons. The van der Waals surface area contributed by atoms with Crippen molar-refractivity contribution in [3.63, 3.8) is 0 Å². The number of ether oxygens (including phenoxy) is 5. The van der Waals surface area contributed by atoms with Crippen LogP contribution in [0.25, 0.3) is 32.9 Å². The van der Waals surface area contributed by atoms with Crippen LogP contribution < -0.4 is 20.3 Å². The van der Waals surface area contributed by atoms with E-state index in [0.29, 0.717) is 23.9 Å². The average molecular weight is 895 g/mol. The summed E-state index contributed by atoms with van der Waals surface area (Å²) in [6, 6.07) is 14.3. The van der Waals surface area contributed by atoms with E-state index in [0.717, 1.165) is 24.1 Å². The number of amides is 2. The molecule has 19 heteroatoms. The molecule has 14 nitrogen and oxygen atoms in total. The Morgan fingerprint density at radius 2 is 1.86 bits per heavy atom. The fraction of sp³-hybridized carbons (Fsp3) is 0.444. The Morgan fingerprint density at radius 1 is 1.05 bits per heavy atom.